The van der Waals surface area contributed by atoms with Gasteiger partial charge in [0.15, 0.2) is 0 Å². The molecule has 0 unspecified atom stereocenters. The van der Waals surface area contributed by atoms with Crippen molar-refractivity contribution in [1.82, 2.24) is 9.88 Å². The maximum absolute atomic E-state index is 5.93. The van der Waals surface area contributed by atoms with Crippen molar-refractivity contribution in [2.75, 3.05) is 20.1 Å². The lowest BCUT2D eigenvalue weighted by Gasteiger charge is -2.29. The number of nitrogens with one attached hydrogen (secondary N) is 1. The third-order valence-electron chi connectivity index (χ3n) is 3.89. The zero-order valence-corrected chi connectivity index (χ0v) is 10.9. The van der Waals surface area contributed by atoms with Crippen LogP contribution in [0.25, 0.3) is 0 Å². The molecule has 1 saturated carbocycles. The van der Waals surface area contributed by atoms with E-state index in [0.717, 1.165) is 18.9 Å². The van der Waals surface area contributed by atoms with E-state index in [0.29, 0.717) is 6.04 Å². The number of H-pyrrole nitrogens is 1. The Morgan fingerprint density at radius 1 is 1.35 bits per heavy atom. The van der Waals surface area contributed by atoms with Crippen LogP contribution in [0.15, 0.2) is 18.3 Å². The highest BCUT2D eigenvalue weighted by atomic mass is 15.1. The van der Waals surface area contributed by atoms with Gasteiger partial charge in [0, 0.05) is 37.4 Å². The van der Waals surface area contributed by atoms with Crippen LogP contribution in [-0.4, -0.2) is 36.1 Å². The normalized spacial score (nSPS) is 25.4. The Kier molecular flexibility index (Phi) is 4.63. The minimum absolute atomic E-state index is 0.468. The fourth-order valence-corrected chi connectivity index (χ4v) is 2.74. The average Bonchev–Trinajstić information content (AvgIpc) is 2.83. The number of aromatic nitrogens is 1. The van der Waals surface area contributed by atoms with E-state index in [9.17, 15) is 0 Å². The van der Waals surface area contributed by atoms with Gasteiger partial charge in [0.25, 0.3) is 0 Å². The SMILES string of the molecule is CN(CCc1ccc[nH]1)CC1CCC(N)CC1. The molecule has 1 aromatic rings. The molecule has 1 aliphatic carbocycles. The summed E-state index contributed by atoms with van der Waals surface area (Å²) in [4.78, 5) is 5.72. The van der Waals surface area contributed by atoms with E-state index >= 15 is 0 Å². The van der Waals surface area contributed by atoms with Crippen molar-refractivity contribution < 1.29 is 0 Å². The maximum atomic E-state index is 5.93. The second kappa shape index (κ2) is 6.22. The molecule has 1 aliphatic rings. The first-order valence-corrected chi connectivity index (χ1v) is 6.80. The summed E-state index contributed by atoms with van der Waals surface area (Å²) in [5.74, 6) is 0.864. The molecule has 0 bridgehead atoms. The summed E-state index contributed by atoms with van der Waals surface area (Å²) >= 11 is 0. The third-order valence-corrected chi connectivity index (χ3v) is 3.89. The molecule has 17 heavy (non-hydrogen) atoms. The van der Waals surface area contributed by atoms with E-state index in [1.807, 2.05) is 6.20 Å². The van der Waals surface area contributed by atoms with Crippen molar-refractivity contribution in [2.24, 2.45) is 11.7 Å². The molecule has 1 aromatic heterocycles. The summed E-state index contributed by atoms with van der Waals surface area (Å²) in [7, 11) is 2.23. The smallest absolute Gasteiger partial charge is 0.0159 e. The van der Waals surface area contributed by atoms with E-state index in [4.69, 9.17) is 5.73 Å². The second-order valence-electron chi connectivity index (χ2n) is 5.49. The van der Waals surface area contributed by atoms with Crippen LogP contribution in [0.5, 0.6) is 0 Å². The van der Waals surface area contributed by atoms with Crippen LogP contribution in [0.4, 0.5) is 0 Å². The predicted molar refractivity (Wildman–Crippen MR) is 71.9 cm³/mol. The highest BCUT2D eigenvalue weighted by Crippen LogP contribution is 2.23. The van der Waals surface area contributed by atoms with Crippen molar-refractivity contribution in [3.63, 3.8) is 0 Å². The molecule has 0 saturated heterocycles. The van der Waals surface area contributed by atoms with Crippen molar-refractivity contribution >= 4 is 0 Å². The van der Waals surface area contributed by atoms with E-state index in [1.165, 1.54) is 37.9 Å². The third kappa shape index (κ3) is 4.17. The molecule has 1 fully saturated rings. The quantitative estimate of drug-likeness (QED) is 0.820. The van der Waals surface area contributed by atoms with E-state index in [1.54, 1.807) is 0 Å². The number of rotatable bonds is 5. The van der Waals surface area contributed by atoms with Crippen LogP contribution in [0.2, 0.25) is 0 Å². The predicted octanol–water partition coefficient (Wildman–Crippen LogP) is 2.01. The van der Waals surface area contributed by atoms with Crippen LogP contribution < -0.4 is 5.73 Å². The molecular formula is C14H25N3. The van der Waals surface area contributed by atoms with Crippen molar-refractivity contribution in [2.45, 2.75) is 38.1 Å². The summed E-state index contributed by atoms with van der Waals surface area (Å²) in [6.45, 7) is 2.37. The lowest BCUT2D eigenvalue weighted by atomic mass is 9.86. The number of likely N-dealkylation sites (N-methyl/N-ethyl adjacent to an activating group) is 1. The molecule has 0 radical (unpaired) electrons. The summed E-state index contributed by atoms with van der Waals surface area (Å²) in [5, 5.41) is 0. The summed E-state index contributed by atoms with van der Waals surface area (Å²) < 4.78 is 0. The van der Waals surface area contributed by atoms with E-state index < -0.39 is 0 Å². The number of nitrogens with zero attached hydrogens (tertiary/aromatic N) is 1. The highest BCUT2D eigenvalue weighted by molar-refractivity contribution is 5.03. The van der Waals surface area contributed by atoms with Crippen LogP contribution >= 0.6 is 0 Å². The summed E-state index contributed by atoms with van der Waals surface area (Å²) in [6.07, 6.45) is 8.18. The first-order valence-electron chi connectivity index (χ1n) is 6.80. The number of hydrogen-bond acceptors (Lipinski definition) is 2. The summed E-state index contributed by atoms with van der Waals surface area (Å²) in [6, 6.07) is 4.70. The Labute approximate surface area is 104 Å². The topological polar surface area (TPSA) is 45.0 Å². The number of nitrogens with two attached hydrogens (primary N) is 1. The molecule has 0 aliphatic heterocycles. The van der Waals surface area contributed by atoms with Gasteiger partial charge in [-0.05, 0) is 50.8 Å². The minimum atomic E-state index is 0.468. The van der Waals surface area contributed by atoms with Gasteiger partial charge in [-0.2, -0.15) is 0 Å². The second-order valence-corrected chi connectivity index (χ2v) is 5.49. The summed E-state index contributed by atoms with van der Waals surface area (Å²) in [5.41, 5.74) is 7.27. The highest BCUT2D eigenvalue weighted by Gasteiger charge is 2.19. The van der Waals surface area contributed by atoms with Gasteiger partial charge in [-0.1, -0.05) is 0 Å². The lowest BCUT2D eigenvalue weighted by Crippen LogP contribution is -2.33. The molecule has 0 atom stereocenters. The van der Waals surface area contributed by atoms with Gasteiger partial charge < -0.3 is 15.6 Å². The average molecular weight is 235 g/mol. The fraction of sp³-hybridized carbons (Fsp3) is 0.714. The van der Waals surface area contributed by atoms with Crippen molar-refractivity contribution in [3.05, 3.63) is 24.0 Å². The first-order chi connectivity index (χ1) is 8.24. The zero-order valence-electron chi connectivity index (χ0n) is 10.9. The largest absolute Gasteiger partial charge is 0.365 e. The van der Waals surface area contributed by atoms with Crippen LogP contribution in [0, 0.1) is 5.92 Å². The molecule has 3 heteroatoms. The molecule has 3 nitrogen and oxygen atoms in total. The Morgan fingerprint density at radius 2 is 2.12 bits per heavy atom. The molecule has 96 valence electrons. The molecule has 3 N–H and O–H groups in total. The van der Waals surface area contributed by atoms with Gasteiger partial charge in [-0.3, -0.25) is 0 Å². The van der Waals surface area contributed by atoms with E-state index in [2.05, 4.69) is 29.1 Å². The van der Waals surface area contributed by atoms with Crippen LogP contribution in [0.1, 0.15) is 31.4 Å². The zero-order chi connectivity index (χ0) is 12.1. The first kappa shape index (κ1) is 12.7. The van der Waals surface area contributed by atoms with Gasteiger partial charge in [-0.25, -0.2) is 0 Å². The van der Waals surface area contributed by atoms with E-state index in [-0.39, 0.29) is 0 Å². The molecule has 1 heterocycles. The lowest BCUT2D eigenvalue weighted by molar-refractivity contribution is 0.225. The van der Waals surface area contributed by atoms with Gasteiger partial charge in [0.05, 0.1) is 0 Å². The molecule has 0 spiro atoms. The number of aromatic amines is 1. The Morgan fingerprint density at radius 3 is 2.76 bits per heavy atom. The van der Waals surface area contributed by atoms with Gasteiger partial charge in [-0.15, -0.1) is 0 Å². The van der Waals surface area contributed by atoms with Crippen molar-refractivity contribution in [1.29, 1.82) is 0 Å². The maximum Gasteiger partial charge on any atom is 0.0159 e. The Bertz CT molecular complexity index is 299. The Balaban J connectivity index is 1.65. The standard InChI is InChI=1S/C14H25N3/c1-17(10-8-14-3-2-9-16-14)11-12-4-6-13(15)7-5-12/h2-3,9,12-13,16H,4-8,10-11,15H2,1H3. The number of hydrogen-bond donors (Lipinski definition) is 2. The van der Waals surface area contributed by atoms with Crippen molar-refractivity contribution in [3.8, 4) is 0 Å². The molecular weight excluding hydrogens is 210 g/mol. The van der Waals surface area contributed by atoms with Gasteiger partial charge in [0.2, 0.25) is 0 Å². The molecule has 0 amide bonds. The van der Waals surface area contributed by atoms with Crippen LogP contribution in [0.3, 0.4) is 0 Å². The monoisotopic (exact) mass is 235 g/mol. The Hall–Kier alpha value is -0.800. The van der Waals surface area contributed by atoms with Crippen LogP contribution in [-0.2, 0) is 6.42 Å². The van der Waals surface area contributed by atoms with Gasteiger partial charge >= 0.3 is 0 Å². The minimum Gasteiger partial charge on any atom is -0.365 e. The van der Waals surface area contributed by atoms with Gasteiger partial charge in [0.1, 0.15) is 0 Å². The molecule has 0 aromatic carbocycles. The molecule has 2 rings (SSSR count). The fourth-order valence-electron chi connectivity index (χ4n) is 2.74.